The Balaban J connectivity index is 2.23. The van der Waals surface area contributed by atoms with Gasteiger partial charge in [0.15, 0.2) is 16.6 Å². The molecular formula is C13H11N2O5S-. The predicted molar refractivity (Wildman–Crippen MR) is 75.3 cm³/mol. The van der Waals surface area contributed by atoms with Crippen LogP contribution in [0.4, 0.5) is 0 Å². The van der Waals surface area contributed by atoms with Gasteiger partial charge in [0.2, 0.25) is 0 Å². The Morgan fingerprint density at radius 1 is 1.38 bits per heavy atom. The molecule has 1 heterocycles. The molecule has 1 amide bonds. The number of aliphatic carboxylic acids is 1. The van der Waals surface area contributed by atoms with E-state index in [2.05, 4.69) is 10.6 Å². The van der Waals surface area contributed by atoms with Gasteiger partial charge in [-0.05, 0) is 36.0 Å². The first-order chi connectivity index (χ1) is 9.99. The molecule has 0 spiro atoms. The first-order valence-corrected chi connectivity index (χ1v) is 6.25. The normalized spacial score (nSPS) is 15.6. The standard InChI is InChI=1S/C13H12N2O5S/c1-19-10-5-7(2-3-9(10)20-6-11(16)17)4-8-12(18)15-13(21)14-8/h2-5H,6H2,1H3,(H,16,17)(H2,14,15,18,21)/p-1/b8-4-. The zero-order chi connectivity index (χ0) is 15.4. The molecule has 0 atom stereocenters. The van der Waals surface area contributed by atoms with Crippen LogP contribution in [0.3, 0.4) is 0 Å². The lowest BCUT2D eigenvalue weighted by atomic mass is 10.1. The molecule has 0 aliphatic carbocycles. The van der Waals surface area contributed by atoms with E-state index in [-0.39, 0.29) is 16.8 Å². The second kappa shape index (κ2) is 6.23. The maximum absolute atomic E-state index is 11.5. The Hall–Kier alpha value is -2.61. The fourth-order valence-electron chi connectivity index (χ4n) is 1.68. The van der Waals surface area contributed by atoms with Crippen molar-refractivity contribution >= 4 is 35.3 Å². The Bertz CT molecular complexity index is 641. The maximum Gasteiger partial charge on any atom is 0.273 e. The van der Waals surface area contributed by atoms with E-state index in [1.54, 1.807) is 24.3 Å². The minimum absolute atomic E-state index is 0.243. The van der Waals surface area contributed by atoms with Gasteiger partial charge in [0.05, 0.1) is 13.1 Å². The van der Waals surface area contributed by atoms with Gasteiger partial charge in [-0.2, -0.15) is 0 Å². The number of rotatable bonds is 5. The van der Waals surface area contributed by atoms with Gasteiger partial charge in [0, 0.05) is 0 Å². The van der Waals surface area contributed by atoms with Crippen LogP contribution in [0.15, 0.2) is 23.9 Å². The van der Waals surface area contributed by atoms with E-state index in [0.29, 0.717) is 17.0 Å². The fourth-order valence-corrected chi connectivity index (χ4v) is 1.88. The number of ether oxygens (including phenoxy) is 2. The Kier molecular flexibility index (Phi) is 4.39. The molecule has 1 aliphatic heterocycles. The largest absolute Gasteiger partial charge is 0.546 e. The lowest BCUT2D eigenvalue weighted by Crippen LogP contribution is -2.29. The number of carbonyl (C=O) groups excluding carboxylic acids is 2. The average molecular weight is 307 g/mol. The molecule has 21 heavy (non-hydrogen) atoms. The number of hydrogen-bond acceptors (Lipinski definition) is 6. The van der Waals surface area contributed by atoms with Crippen LogP contribution in [-0.2, 0) is 9.59 Å². The first kappa shape index (κ1) is 14.8. The molecule has 0 bridgehead atoms. The van der Waals surface area contributed by atoms with Crippen LogP contribution in [-0.4, -0.2) is 30.7 Å². The number of hydrogen-bond donors (Lipinski definition) is 2. The van der Waals surface area contributed by atoms with Crippen LogP contribution >= 0.6 is 12.2 Å². The molecule has 2 N–H and O–H groups in total. The SMILES string of the molecule is COc1cc(/C=C2\NC(=S)NC2=O)ccc1OCC(=O)[O-]. The van der Waals surface area contributed by atoms with Crippen LogP contribution in [0.25, 0.3) is 6.08 Å². The predicted octanol–water partition coefficient (Wildman–Crippen LogP) is -0.831. The van der Waals surface area contributed by atoms with Gasteiger partial charge in [0.1, 0.15) is 12.3 Å². The smallest absolute Gasteiger partial charge is 0.273 e. The van der Waals surface area contributed by atoms with E-state index in [1.807, 2.05) is 0 Å². The van der Waals surface area contributed by atoms with Crippen LogP contribution in [0, 0.1) is 0 Å². The maximum atomic E-state index is 11.5. The van der Waals surface area contributed by atoms with Gasteiger partial charge in [-0.1, -0.05) is 6.07 Å². The summed E-state index contributed by atoms with van der Waals surface area (Å²) < 4.78 is 10.1. The summed E-state index contributed by atoms with van der Waals surface area (Å²) in [5, 5.41) is 15.8. The third-order valence-electron chi connectivity index (χ3n) is 2.56. The highest BCUT2D eigenvalue weighted by molar-refractivity contribution is 7.80. The molecule has 0 unspecified atom stereocenters. The number of methoxy groups -OCH3 is 1. The van der Waals surface area contributed by atoms with Gasteiger partial charge >= 0.3 is 0 Å². The number of amides is 1. The van der Waals surface area contributed by atoms with E-state index in [9.17, 15) is 14.7 Å². The van der Waals surface area contributed by atoms with Crippen molar-refractivity contribution in [3.05, 3.63) is 29.5 Å². The van der Waals surface area contributed by atoms with Gasteiger partial charge in [0.25, 0.3) is 5.91 Å². The summed E-state index contributed by atoms with van der Waals surface area (Å²) in [6.45, 7) is -0.574. The molecular weight excluding hydrogens is 296 g/mol. The van der Waals surface area contributed by atoms with Crippen LogP contribution in [0.2, 0.25) is 0 Å². The summed E-state index contributed by atoms with van der Waals surface area (Å²) in [4.78, 5) is 21.9. The lowest BCUT2D eigenvalue weighted by molar-refractivity contribution is -0.307. The van der Waals surface area contributed by atoms with E-state index in [4.69, 9.17) is 21.7 Å². The summed E-state index contributed by atoms with van der Waals surface area (Å²) in [5.74, 6) is -1.05. The van der Waals surface area contributed by atoms with Gasteiger partial charge < -0.3 is 24.7 Å². The van der Waals surface area contributed by atoms with E-state index < -0.39 is 12.6 Å². The van der Waals surface area contributed by atoms with E-state index in [0.717, 1.165) is 0 Å². The Morgan fingerprint density at radius 3 is 2.71 bits per heavy atom. The second-order valence-corrected chi connectivity index (χ2v) is 4.45. The molecule has 1 aromatic rings. The van der Waals surface area contributed by atoms with E-state index >= 15 is 0 Å². The molecule has 1 aromatic carbocycles. The van der Waals surface area contributed by atoms with Gasteiger partial charge in [-0.25, -0.2) is 0 Å². The molecule has 1 saturated heterocycles. The zero-order valence-electron chi connectivity index (χ0n) is 11.0. The van der Waals surface area contributed by atoms with Crippen molar-refractivity contribution < 1.29 is 24.2 Å². The molecule has 0 aromatic heterocycles. The molecule has 0 saturated carbocycles. The van der Waals surface area contributed by atoms with Gasteiger partial charge in [-0.15, -0.1) is 0 Å². The lowest BCUT2D eigenvalue weighted by Gasteiger charge is -2.11. The first-order valence-electron chi connectivity index (χ1n) is 5.84. The second-order valence-electron chi connectivity index (χ2n) is 4.04. The highest BCUT2D eigenvalue weighted by atomic mass is 32.1. The number of thiocarbonyl (C=S) groups is 1. The average Bonchev–Trinajstić information content (AvgIpc) is 2.75. The number of carbonyl (C=O) groups is 2. The van der Waals surface area contributed by atoms with Gasteiger partial charge in [-0.3, -0.25) is 10.1 Å². The molecule has 8 heteroatoms. The van der Waals surface area contributed by atoms with E-state index in [1.165, 1.54) is 7.11 Å². The molecule has 1 fully saturated rings. The van der Waals surface area contributed by atoms with Crippen LogP contribution in [0.5, 0.6) is 11.5 Å². The van der Waals surface area contributed by atoms with Crippen molar-refractivity contribution in [1.82, 2.24) is 10.6 Å². The number of benzene rings is 1. The van der Waals surface area contributed by atoms with Crippen molar-refractivity contribution in [3.8, 4) is 11.5 Å². The van der Waals surface area contributed by atoms with Crippen molar-refractivity contribution in [3.63, 3.8) is 0 Å². The number of carboxylic acids is 1. The van der Waals surface area contributed by atoms with Crippen molar-refractivity contribution in [1.29, 1.82) is 0 Å². The quantitative estimate of drug-likeness (QED) is 0.541. The third kappa shape index (κ3) is 3.69. The molecule has 0 radical (unpaired) electrons. The van der Waals surface area contributed by atoms with Crippen molar-refractivity contribution in [2.24, 2.45) is 0 Å². The highest BCUT2D eigenvalue weighted by Crippen LogP contribution is 2.28. The third-order valence-corrected chi connectivity index (χ3v) is 2.77. The number of carboxylic acid groups (broad SMARTS) is 1. The molecule has 110 valence electrons. The van der Waals surface area contributed by atoms with Crippen molar-refractivity contribution in [2.75, 3.05) is 13.7 Å². The molecule has 2 rings (SSSR count). The minimum atomic E-state index is -1.33. The van der Waals surface area contributed by atoms with Crippen LogP contribution < -0.4 is 25.2 Å². The zero-order valence-corrected chi connectivity index (χ0v) is 11.8. The van der Waals surface area contributed by atoms with Crippen LogP contribution in [0.1, 0.15) is 5.56 Å². The Labute approximate surface area is 125 Å². The summed E-state index contributed by atoms with van der Waals surface area (Å²) in [5.41, 5.74) is 0.973. The summed E-state index contributed by atoms with van der Waals surface area (Å²) in [7, 11) is 1.42. The highest BCUT2D eigenvalue weighted by Gasteiger charge is 2.20. The number of nitrogens with one attached hydrogen (secondary N) is 2. The summed E-state index contributed by atoms with van der Waals surface area (Å²) in [6.07, 6.45) is 1.58. The molecule has 7 nitrogen and oxygen atoms in total. The monoisotopic (exact) mass is 307 g/mol. The minimum Gasteiger partial charge on any atom is -0.546 e. The molecule has 1 aliphatic rings. The summed E-state index contributed by atoms with van der Waals surface area (Å²) in [6, 6.07) is 4.80. The summed E-state index contributed by atoms with van der Waals surface area (Å²) >= 11 is 4.83. The Morgan fingerprint density at radius 2 is 2.14 bits per heavy atom. The fraction of sp³-hybridized carbons (Fsp3) is 0.154. The van der Waals surface area contributed by atoms with Crippen molar-refractivity contribution in [2.45, 2.75) is 0 Å². The topological polar surface area (TPSA) is 99.7 Å².